The fourth-order valence-electron chi connectivity index (χ4n) is 3.79. The summed E-state index contributed by atoms with van der Waals surface area (Å²) in [6.45, 7) is 2.05. The highest BCUT2D eigenvalue weighted by Crippen LogP contribution is 2.42. The van der Waals surface area contributed by atoms with E-state index in [0.717, 1.165) is 18.5 Å². The molecule has 140 valence electrons. The molecule has 0 spiro atoms. The Hall–Kier alpha value is -2.08. The van der Waals surface area contributed by atoms with Crippen molar-refractivity contribution in [1.82, 2.24) is 0 Å². The molecule has 7 heteroatoms. The third kappa shape index (κ3) is 3.00. The number of hydroxylamine groups is 1. The predicted octanol–water partition coefficient (Wildman–Crippen LogP) is 4.47. The van der Waals surface area contributed by atoms with Crippen LogP contribution in [0, 0.1) is 5.92 Å². The van der Waals surface area contributed by atoms with E-state index < -0.39 is 12.0 Å². The Bertz CT molecular complexity index is 890. The molecule has 2 heterocycles. The van der Waals surface area contributed by atoms with Gasteiger partial charge in [0, 0.05) is 0 Å². The van der Waals surface area contributed by atoms with Crippen molar-refractivity contribution in [2.75, 3.05) is 9.96 Å². The summed E-state index contributed by atoms with van der Waals surface area (Å²) in [5.74, 6) is -1.18. The van der Waals surface area contributed by atoms with Gasteiger partial charge in [0.05, 0.1) is 33.4 Å². The maximum Gasteiger partial charge on any atom is 0.266 e. The van der Waals surface area contributed by atoms with Crippen LogP contribution in [0.3, 0.4) is 0 Å². The lowest BCUT2D eigenvalue weighted by molar-refractivity contribution is -0.126. The van der Waals surface area contributed by atoms with Crippen molar-refractivity contribution in [2.45, 2.75) is 31.9 Å². The molecule has 0 saturated carbocycles. The Labute approximate surface area is 167 Å². The summed E-state index contributed by atoms with van der Waals surface area (Å²) in [6, 6.07) is 14.1. The van der Waals surface area contributed by atoms with Crippen LogP contribution in [0.5, 0.6) is 0 Å². The van der Waals surface area contributed by atoms with E-state index in [1.807, 2.05) is 30.3 Å². The highest BCUT2D eigenvalue weighted by Gasteiger charge is 2.59. The summed E-state index contributed by atoms with van der Waals surface area (Å²) < 4.78 is 0. The fraction of sp³-hybridized carbons (Fsp3) is 0.300. The zero-order valence-electron chi connectivity index (χ0n) is 14.6. The number of fused-ring (bicyclic) bond motifs is 1. The van der Waals surface area contributed by atoms with Crippen LogP contribution >= 0.6 is 23.2 Å². The van der Waals surface area contributed by atoms with Crippen molar-refractivity contribution < 1.29 is 14.4 Å². The molecule has 0 N–H and O–H groups in total. The van der Waals surface area contributed by atoms with Crippen molar-refractivity contribution in [1.29, 1.82) is 0 Å². The zero-order valence-corrected chi connectivity index (χ0v) is 16.2. The van der Waals surface area contributed by atoms with Gasteiger partial charge < -0.3 is 0 Å². The van der Waals surface area contributed by atoms with Gasteiger partial charge in [-0.1, -0.05) is 54.7 Å². The molecule has 4 rings (SSSR count). The van der Waals surface area contributed by atoms with Crippen molar-refractivity contribution in [3.05, 3.63) is 58.6 Å². The van der Waals surface area contributed by atoms with Gasteiger partial charge in [-0.3, -0.25) is 14.4 Å². The standard InChI is InChI=1S/C20H18Cl2N2O3/c1-2-6-16-17-18(27-24(16)12-7-4-3-5-8-12)20(26)23(19(17)25)13-9-10-14(21)15(22)11-13/h3-5,7-11,16-18H,2,6H2,1H3/t16-,17-,18+/m1/s1. The monoisotopic (exact) mass is 404 g/mol. The van der Waals surface area contributed by atoms with Crippen molar-refractivity contribution in [2.24, 2.45) is 5.92 Å². The Morgan fingerprint density at radius 2 is 1.70 bits per heavy atom. The number of halogens is 2. The van der Waals surface area contributed by atoms with Crippen LogP contribution in [0.4, 0.5) is 11.4 Å². The van der Waals surface area contributed by atoms with Gasteiger partial charge in [0.15, 0.2) is 6.10 Å². The first-order valence-electron chi connectivity index (χ1n) is 8.87. The molecule has 0 radical (unpaired) electrons. The molecule has 2 aromatic rings. The van der Waals surface area contributed by atoms with E-state index in [1.54, 1.807) is 17.2 Å². The molecule has 0 unspecified atom stereocenters. The molecular formula is C20H18Cl2N2O3. The van der Waals surface area contributed by atoms with Crippen LogP contribution in [0.15, 0.2) is 48.5 Å². The minimum absolute atomic E-state index is 0.202. The van der Waals surface area contributed by atoms with Crippen molar-refractivity contribution >= 4 is 46.4 Å². The number of carbonyl (C=O) groups is 2. The molecule has 2 aromatic carbocycles. The third-order valence-corrected chi connectivity index (χ3v) is 5.73. The first kappa shape index (κ1) is 18.3. The maximum atomic E-state index is 13.2. The number of hydrogen-bond acceptors (Lipinski definition) is 4. The van der Waals surface area contributed by atoms with Gasteiger partial charge in [0.25, 0.3) is 5.91 Å². The molecule has 0 bridgehead atoms. The van der Waals surface area contributed by atoms with Crippen molar-refractivity contribution in [3.63, 3.8) is 0 Å². The van der Waals surface area contributed by atoms with Crippen molar-refractivity contribution in [3.8, 4) is 0 Å². The number of benzene rings is 2. The average Bonchev–Trinajstić information content (AvgIpc) is 3.15. The quantitative estimate of drug-likeness (QED) is 0.705. The van der Waals surface area contributed by atoms with E-state index in [2.05, 4.69) is 6.92 Å². The predicted molar refractivity (Wildman–Crippen MR) is 105 cm³/mol. The second kappa shape index (κ2) is 7.15. The third-order valence-electron chi connectivity index (χ3n) is 4.99. The second-order valence-corrected chi connectivity index (χ2v) is 7.49. The van der Waals surface area contributed by atoms with Crippen LogP contribution in [-0.2, 0) is 14.4 Å². The van der Waals surface area contributed by atoms with E-state index in [-0.39, 0.29) is 17.9 Å². The molecule has 3 atom stereocenters. The summed E-state index contributed by atoms with van der Waals surface area (Å²) in [5, 5.41) is 2.39. The minimum Gasteiger partial charge on any atom is -0.273 e. The number of nitrogens with zero attached hydrogens (tertiary/aromatic N) is 2. The molecular weight excluding hydrogens is 387 g/mol. The maximum absolute atomic E-state index is 13.2. The largest absolute Gasteiger partial charge is 0.273 e. The molecule has 2 aliphatic rings. The molecule has 2 fully saturated rings. The Balaban J connectivity index is 1.68. The Morgan fingerprint density at radius 3 is 2.37 bits per heavy atom. The molecule has 2 saturated heterocycles. The van der Waals surface area contributed by atoms with Crippen LogP contribution in [-0.4, -0.2) is 24.0 Å². The number of imide groups is 1. The number of amides is 2. The topological polar surface area (TPSA) is 49.9 Å². The smallest absolute Gasteiger partial charge is 0.266 e. The van der Waals surface area contributed by atoms with Gasteiger partial charge in [-0.05, 0) is 36.8 Å². The number of para-hydroxylation sites is 1. The van der Waals surface area contributed by atoms with Gasteiger partial charge in [0.1, 0.15) is 0 Å². The Morgan fingerprint density at radius 1 is 0.963 bits per heavy atom. The van der Waals surface area contributed by atoms with Crippen LogP contribution in [0.2, 0.25) is 10.0 Å². The Kier molecular flexibility index (Phi) is 4.84. The van der Waals surface area contributed by atoms with E-state index in [4.69, 9.17) is 28.0 Å². The molecule has 0 aliphatic carbocycles. The van der Waals surface area contributed by atoms with E-state index in [0.29, 0.717) is 15.7 Å². The number of anilines is 2. The normalized spacial score (nSPS) is 24.6. The van der Waals surface area contributed by atoms with Gasteiger partial charge >= 0.3 is 0 Å². The summed E-state index contributed by atoms with van der Waals surface area (Å²) in [5.41, 5.74) is 1.26. The minimum atomic E-state index is -0.830. The van der Waals surface area contributed by atoms with E-state index in [9.17, 15) is 9.59 Å². The fourth-order valence-corrected chi connectivity index (χ4v) is 4.08. The average molecular weight is 405 g/mol. The summed E-state index contributed by atoms with van der Waals surface area (Å²) >= 11 is 12.0. The number of hydrogen-bond donors (Lipinski definition) is 0. The molecule has 27 heavy (non-hydrogen) atoms. The lowest BCUT2D eigenvalue weighted by Gasteiger charge is -2.28. The van der Waals surface area contributed by atoms with Gasteiger partial charge in [0.2, 0.25) is 5.91 Å². The van der Waals surface area contributed by atoms with E-state index in [1.165, 1.54) is 11.0 Å². The number of carbonyl (C=O) groups excluding carboxylic acids is 2. The van der Waals surface area contributed by atoms with Gasteiger partial charge in [-0.2, -0.15) is 0 Å². The van der Waals surface area contributed by atoms with Crippen LogP contribution < -0.4 is 9.96 Å². The van der Waals surface area contributed by atoms with E-state index >= 15 is 0 Å². The summed E-state index contributed by atoms with van der Waals surface area (Å²) in [7, 11) is 0. The van der Waals surface area contributed by atoms with Gasteiger partial charge in [-0.15, -0.1) is 0 Å². The molecule has 0 aromatic heterocycles. The molecule has 2 amide bonds. The molecule has 5 nitrogen and oxygen atoms in total. The summed E-state index contributed by atoms with van der Waals surface area (Å²) in [6.07, 6.45) is 0.780. The van der Waals surface area contributed by atoms with Crippen LogP contribution in [0.25, 0.3) is 0 Å². The SMILES string of the molecule is CCC[C@@H]1[C@H]2C(=O)N(c3ccc(Cl)c(Cl)c3)C(=O)[C@H]2ON1c1ccccc1. The second-order valence-electron chi connectivity index (χ2n) is 6.68. The highest BCUT2D eigenvalue weighted by molar-refractivity contribution is 6.42. The lowest BCUT2D eigenvalue weighted by atomic mass is 9.93. The zero-order chi connectivity index (χ0) is 19.1. The highest BCUT2D eigenvalue weighted by atomic mass is 35.5. The van der Waals surface area contributed by atoms with Crippen LogP contribution in [0.1, 0.15) is 19.8 Å². The first-order valence-corrected chi connectivity index (χ1v) is 9.62. The van der Waals surface area contributed by atoms with Gasteiger partial charge in [-0.25, -0.2) is 9.96 Å². The molecule has 2 aliphatic heterocycles. The summed E-state index contributed by atoms with van der Waals surface area (Å²) in [4.78, 5) is 33.3. The lowest BCUT2D eigenvalue weighted by Crippen LogP contribution is -2.40. The first-order chi connectivity index (χ1) is 13.0. The number of rotatable bonds is 4.